The zero-order chi connectivity index (χ0) is 22.9. The number of hydrogen-bond acceptors (Lipinski definition) is 9. The average molecular weight is 482 g/mol. The summed E-state index contributed by atoms with van der Waals surface area (Å²) in [6.07, 6.45) is 5.72. The molecule has 168 valence electrons. The fourth-order valence-corrected chi connectivity index (χ4v) is 5.91. The van der Waals surface area contributed by atoms with Crippen molar-refractivity contribution < 1.29 is 4.79 Å². The fourth-order valence-electron chi connectivity index (χ4n) is 4.80. The van der Waals surface area contributed by atoms with E-state index >= 15 is 0 Å². The third-order valence-electron chi connectivity index (χ3n) is 6.65. The van der Waals surface area contributed by atoms with E-state index in [9.17, 15) is 4.79 Å². The molecule has 2 aliphatic rings. The topological polar surface area (TPSA) is 153 Å². The second-order valence-electron chi connectivity index (χ2n) is 8.41. The Balaban J connectivity index is 1.39. The predicted octanol–water partition coefficient (Wildman–Crippen LogP) is 1.91. The number of H-pyrrole nitrogens is 1. The maximum absolute atomic E-state index is 11.8. The van der Waals surface area contributed by atoms with Gasteiger partial charge in [-0.3, -0.25) is 9.78 Å². The first-order valence-corrected chi connectivity index (χ1v) is 11.8. The number of aromatic amines is 1. The number of rotatable bonds is 5. The number of carbonyl (C=O) groups is 1. The highest BCUT2D eigenvalue weighted by molar-refractivity contribution is 7.99. The maximum atomic E-state index is 11.8. The molecule has 2 fully saturated rings. The molecule has 0 radical (unpaired) electrons. The Labute approximate surface area is 197 Å². The van der Waals surface area contributed by atoms with E-state index in [4.69, 9.17) is 33.0 Å². The van der Waals surface area contributed by atoms with Gasteiger partial charge in [0, 0.05) is 54.1 Å². The minimum Gasteiger partial charge on any atom is -0.368 e. The molecule has 5 heterocycles. The highest BCUT2D eigenvalue weighted by Crippen LogP contribution is 2.54. The summed E-state index contributed by atoms with van der Waals surface area (Å²) in [6, 6.07) is 1.91. The Morgan fingerprint density at radius 1 is 1.27 bits per heavy atom. The highest BCUT2D eigenvalue weighted by atomic mass is 35.5. The van der Waals surface area contributed by atoms with Gasteiger partial charge in [0.15, 0.2) is 10.8 Å². The van der Waals surface area contributed by atoms with Crippen molar-refractivity contribution in [3.05, 3.63) is 35.4 Å². The summed E-state index contributed by atoms with van der Waals surface area (Å²) in [5.74, 6) is 0.322. The van der Waals surface area contributed by atoms with Crippen LogP contribution in [0.15, 0.2) is 34.7 Å². The number of amides is 1. The molecule has 33 heavy (non-hydrogen) atoms. The molecule has 1 aliphatic carbocycles. The van der Waals surface area contributed by atoms with Gasteiger partial charge in [-0.2, -0.15) is 0 Å². The number of nitrogens with zero attached hydrogens (tertiary/aromatic N) is 6. The molecule has 1 saturated heterocycles. The smallest absolute Gasteiger partial charge is 0.238 e. The van der Waals surface area contributed by atoms with Crippen molar-refractivity contribution in [1.29, 1.82) is 0 Å². The zero-order valence-electron chi connectivity index (χ0n) is 17.6. The van der Waals surface area contributed by atoms with Gasteiger partial charge >= 0.3 is 0 Å². The monoisotopic (exact) mass is 481 g/mol. The summed E-state index contributed by atoms with van der Waals surface area (Å²) in [4.78, 5) is 40.6. The van der Waals surface area contributed by atoms with E-state index in [0.29, 0.717) is 40.1 Å². The second kappa shape index (κ2) is 7.24. The van der Waals surface area contributed by atoms with Gasteiger partial charge in [-0.25, -0.2) is 19.9 Å². The van der Waals surface area contributed by atoms with Crippen LogP contribution in [0.2, 0.25) is 5.02 Å². The Hall–Kier alpha value is -3.02. The van der Waals surface area contributed by atoms with Crippen LogP contribution in [-0.4, -0.2) is 54.4 Å². The molecular formula is C21H20ClN9OS. The number of hydrogen-bond donors (Lipinski definition) is 3. The molecule has 1 unspecified atom stereocenters. The maximum Gasteiger partial charge on any atom is 0.238 e. The van der Waals surface area contributed by atoms with Gasteiger partial charge in [0.05, 0.1) is 10.4 Å². The van der Waals surface area contributed by atoms with Gasteiger partial charge in [0.1, 0.15) is 22.5 Å². The van der Waals surface area contributed by atoms with Crippen molar-refractivity contribution in [2.75, 3.05) is 18.0 Å². The van der Waals surface area contributed by atoms with Crippen molar-refractivity contribution in [1.82, 2.24) is 29.9 Å². The van der Waals surface area contributed by atoms with Crippen LogP contribution in [0.3, 0.4) is 0 Å². The molecule has 0 bridgehead atoms. The number of carbonyl (C=O) groups excluding carboxylic acids is 1. The number of aromatic nitrogens is 6. The molecule has 5 N–H and O–H groups in total. The van der Waals surface area contributed by atoms with Crippen LogP contribution in [0.25, 0.3) is 22.2 Å². The minimum absolute atomic E-state index is 0.0164. The Kier molecular flexibility index (Phi) is 4.51. The number of pyridine rings is 1. The Morgan fingerprint density at radius 3 is 2.76 bits per heavy atom. The molecule has 4 aromatic rings. The number of fused-ring (bicyclic) bond motifs is 3. The average Bonchev–Trinajstić information content (AvgIpc) is 3.12. The van der Waals surface area contributed by atoms with E-state index in [2.05, 4.69) is 24.8 Å². The molecule has 1 aliphatic heterocycles. The molecule has 0 aromatic carbocycles. The highest BCUT2D eigenvalue weighted by Gasteiger charge is 2.70. The number of aryl methyl sites for hydroxylation is 1. The second-order valence-corrected chi connectivity index (χ2v) is 9.83. The van der Waals surface area contributed by atoms with Crippen LogP contribution in [0.4, 0.5) is 5.82 Å². The van der Waals surface area contributed by atoms with Gasteiger partial charge in [-0.15, -0.1) is 0 Å². The lowest BCUT2D eigenvalue weighted by atomic mass is 10.1. The third kappa shape index (κ3) is 3.06. The lowest BCUT2D eigenvalue weighted by molar-refractivity contribution is -0.120. The van der Waals surface area contributed by atoms with E-state index in [0.717, 1.165) is 28.2 Å². The summed E-state index contributed by atoms with van der Waals surface area (Å²) in [5, 5.41) is 1.96. The van der Waals surface area contributed by atoms with Crippen molar-refractivity contribution in [3.8, 4) is 0 Å². The molecule has 4 aromatic heterocycles. The van der Waals surface area contributed by atoms with Gasteiger partial charge in [-0.1, -0.05) is 18.5 Å². The van der Waals surface area contributed by atoms with Crippen LogP contribution in [0, 0.1) is 11.8 Å². The Bertz CT molecular complexity index is 1430. The summed E-state index contributed by atoms with van der Waals surface area (Å²) >= 11 is 8.09. The first kappa shape index (κ1) is 20.6. The first-order valence-electron chi connectivity index (χ1n) is 10.6. The fraction of sp³-hybridized carbons (Fsp3) is 0.333. The van der Waals surface area contributed by atoms with Crippen molar-refractivity contribution in [2.45, 2.75) is 28.9 Å². The summed E-state index contributed by atoms with van der Waals surface area (Å²) < 4.78 is 0. The molecule has 10 nitrogen and oxygen atoms in total. The minimum atomic E-state index is -0.922. The standard InChI is InChI=1S/C21H20ClN9OS/c1-2-12-15(22)14-17(28-12)29-20(33-9-5-13-16(27-6-9)26-4-3-25-13)30-18(14)31-7-10-11(8-31)21(10,24)19(23)32/h3-6,10-11H,2,7-8,24H2,1H3,(H2,23,32)(H,28,29,30)/t10-,11+,21?. The quantitative estimate of drug-likeness (QED) is 0.363. The van der Waals surface area contributed by atoms with Crippen molar-refractivity contribution in [2.24, 2.45) is 23.3 Å². The van der Waals surface area contributed by atoms with Crippen LogP contribution in [-0.2, 0) is 11.2 Å². The van der Waals surface area contributed by atoms with E-state index < -0.39 is 11.4 Å². The van der Waals surface area contributed by atoms with Crippen LogP contribution >= 0.6 is 23.4 Å². The van der Waals surface area contributed by atoms with Crippen molar-refractivity contribution >= 4 is 57.3 Å². The zero-order valence-corrected chi connectivity index (χ0v) is 19.2. The number of halogens is 1. The number of anilines is 1. The molecule has 3 atom stereocenters. The van der Waals surface area contributed by atoms with Gasteiger partial charge in [0.25, 0.3) is 0 Å². The van der Waals surface area contributed by atoms with E-state index in [-0.39, 0.29) is 11.8 Å². The normalized spacial score (nSPS) is 23.9. The molecule has 0 spiro atoms. The van der Waals surface area contributed by atoms with Gasteiger partial charge in [-0.05, 0) is 24.2 Å². The summed E-state index contributed by atoms with van der Waals surface area (Å²) in [6.45, 7) is 3.22. The van der Waals surface area contributed by atoms with Crippen molar-refractivity contribution in [3.63, 3.8) is 0 Å². The Morgan fingerprint density at radius 2 is 2.03 bits per heavy atom. The molecule has 1 amide bonds. The molecule has 6 rings (SSSR count). The third-order valence-corrected chi connectivity index (χ3v) is 7.89. The van der Waals surface area contributed by atoms with Crippen LogP contribution in [0.5, 0.6) is 0 Å². The number of nitrogens with one attached hydrogen (secondary N) is 1. The van der Waals surface area contributed by atoms with Crippen LogP contribution < -0.4 is 16.4 Å². The van der Waals surface area contributed by atoms with Gasteiger partial charge < -0.3 is 21.4 Å². The predicted molar refractivity (Wildman–Crippen MR) is 125 cm³/mol. The SMILES string of the molecule is CCc1[nH]c2nc(Sc3cnc4nccnc4c3)nc(N3C[C@@H]4[C@H](C3)C4(N)C(N)=O)c2c1Cl. The molecule has 12 heteroatoms. The molecular weight excluding hydrogens is 462 g/mol. The largest absolute Gasteiger partial charge is 0.368 e. The van der Waals surface area contributed by atoms with E-state index in [1.807, 2.05) is 13.0 Å². The van der Waals surface area contributed by atoms with Crippen LogP contribution in [0.1, 0.15) is 12.6 Å². The summed E-state index contributed by atoms with van der Waals surface area (Å²) in [7, 11) is 0. The molecule has 1 saturated carbocycles. The number of nitrogens with two attached hydrogens (primary N) is 2. The summed E-state index contributed by atoms with van der Waals surface area (Å²) in [5.41, 5.74) is 13.7. The lowest BCUT2D eigenvalue weighted by Crippen LogP contribution is -2.47. The van der Waals surface area contributed by atoms with Gasteiger partial charge in [0.2, 0.25) is 5.91 Å². The van der Waals surface area contributed by atoms with E-state index in [1.165, 1.54) is 11.8 Å². The van der Waals surface area contributed by atoms with E-state index in [1.54, 1.807) is 18.6 Å². The number of piperidine rings is 1. The first-order chi connectivity index (χ1) is 15.9. The number of primary amides is 1. The lowest BCUT2D eigenvalue weighted by Gasteiger charge is -2.24.